The molecule has 4 heteroatoms. The highest BCUT2D eigenvalue weighted by Crippen LogP contribution is 2.29. The van der Waals surface area contributed by atoms with Crippen molar-refractivity contribution < 1.29 is 14.3 Å². The summed E-state index contributed by atoms with van der Waals surface area (Å²) in [4.78, 5) is 12.1. The molecule has 0 aliphatic heterocycles. The quantitative estimate of drug-likeness (QED) is 0.850. The van der Waals surface area contributed by atoms with Crippen LogP contribution in [0.15, 0.2) is 42.5 Å². The Bertz CT molecular complexity index is 713. The van der Waals surface area contributed by atoms with E-state index in [0.29, 0.717) is 11.5 Å². The van der Waals surface area contributed by atoms with Crippen molar-refractivity contribution in [1.82, 2.24) is 0 Å². The van der Waals surface area contributed by atoms with Gasteiger partial charge in [-0.15, -0.1) is 0 Å². The van der Waals surface area contributed by atoms with Gasteiger partial charge in [-0.1, -0.05) is 12.1 Å². The summed E-state index contributed by atoms with van der Waals surface area (Å²) in [6.07, 6.45) is 3.16. The first kappa shape index (κ1) is 16.6. The summed E-state index contributed by atoms with van der Waals surface area (Å²) in [6.45, 7) is 4.05. The molecule has 2 aromatic rings. The molecular weight excluding hydrogens is 290 g/mol. The smallest absolute Gasteiger partial charge is 0.248 e. The Hall–Kier alpha value is -2.75. The zero-order chi connectivity index (χ0) is 16.8. The fourth-order valence-corrected chi connectivity index (χ4v) is 2.21. The van der Waals surface area contributed by atoms with Gasteiger partial charge in [-0.3, -0.25) is 4.79 Å². The number of hydrogen-bond donors (Lipinski definition) is 1. The average molecular weight is 311 g/mol. The third-order valence-electron chi connectivity index (χ3n) is 3.64. The first-order valence-electron chi connectivity index (χ1n) is 7.32. The summed E-state index contributed by atoms with van der Waals surface area (Å²) in [5.74, 6) is 1.10. The summed E-state index contributed by atoms with van der Waals surface area (Å²) in [5.41, 5.74) is 3.83. The Balaban J connectivity index is 2.16. The Kier molecular flexibility index (Phi) is 5.41. The number of carbonyl (C=O) groups excluding carboxylic acids is 1. The Morgan fingerprint density at radius 1 is 1.00 bits per heavy atom. The van der Waals surface area contributed by atoms with Gasteiger partial charge < -0.3 is 14.8 Å². The minimum absolute atomic E-state index is 0.207. The molecular formula is C19H21NO3. The Morgan fingerprint density at radius 2 is 1.65 bits per heavy atom. The number of ether oxygens (including phenoxy) is 2. The Labute approximate surface area is 136 Å². The number of nitrogens with one attached hydrogen (secondary N) is 1. The van der Waals surface area contributed by atoms with E-state index >= 15 is 0 Å². The number of methoxy groups -OCH3 is 2. The van der Waals surface area contributed by atoms with Crippen LogP contribution in [0.2, 0.25) is 0 Å². The van der Waals surface area contributed by atoms with E-state index in [2.05, 4.69) is 5.32 Å². The largest absolute Gasteiger partial charge is 0.496 e. The molecule has 0 aliphatic rings. The van der Waals surface area contributed by atoms with Crippen molar-refractivity contribution in [2.45, 2.75) is 13.8 Å². The molecule has 1 amide bonds. The second-order valence-electron chi connectivity index (χ2n) is 5.20. The number of amides is 1. The van der Waals surface area contributed by atoms with Gasteiger partial charge in [0.2, 0.25) is 5.91 Å². The monoisotopic (exact) mass is 311 g/mol. The fourth-order valence-electron chi connectivity index (χ4n) is 2.21. The molecule has 0 spiro atoms. The molecule has 0 aromatic heterocycles. The number of rotatable bonds is 5. The summed E-state index contributed by atoms with van der Waals surface area (Å²) >= 11 is 0. The normalized spacial score (nSPS) is 10.6. The van der Waals surface area contributed by atoms with Gasteiger partial charge in [-0.25, -0.2) is 0 Å². The van der Waals surface area contributed by atoms with Crippen molar-refractivity contribution in [3.8, 4) is 11.5 Å². The number of carbonyl (C=O) groups is 1. The van der Waals surface area contributed by atoms with Gasteiger partial charge in [0, 0.05) is 11.8 Å². The molecule has 2 aromatic carbocycles. The molecule has 0 saturated heterocycles. The summed E-state index contributed by atoms with van der Waals surface area (Å²) in [6, 6.07) is 11.3. The second-order valence-corrected chi connectivity index (χ2v) is 5.20. The fraction of sp³-hybridized carbons (Fsp3) is 0.211. The number of benzene rings is 2. The molecule has 0 atom stereocenters. The molecule has 1 N–H and O–H groups in total. The van der Waals surface area contributed by atoms with E-state index < -0.39 is 0 Å². The van der Waals surface area contributed by atoms with E-state index in [-0.39, 0.29) is 5.91 Å². The summed E-state index contributed by atoms with van der Waals surface area (Å²) in [5, 5.41) is 2.85. The number of hydrogen-bond acceptors (Lipinski definition) is 3. The van der Waals surface area contributed by atoms with Gasteiger partial charge in [0.25, 0.3) is 0 Å². The van der Waals surface area contributed by atoms with Gasteiger partial charge >= 0.3 is 0 Å². The van der Waals surface area contributed by atoms with E-state index in [4.69, 9.17) is 9.47 Å². The van der Waals surface area contributed by atoms with E-state index in [1.54, 1.807) is 20.3 Å². The van der Waals surface area contributed by atoms with Crippen LogP contribution in [-0.4, -0.2) is 20.1 Å². The first-order chi connectivity index (χ1) is 11.0. The molecule has 0 fully saturated rings. The van der Waals surface area contributed by atoms with Crippen LogP contribution in [0.5, 0.6) is 11.5 Å². The van der Waals surface area contributed by atoms with Gasteiger partial charge in [-0.2, -0.15) is 0 Å². The van der Waals surface area contributed by atoms with Crippen molar-refractivity contribution in [1.29, 1.82) is 0 Å². The molecule has 0 heterocycles. The third-order valence-corrected chi connectivity index (χ3v) is 3.64. The zero-order valence-corrected chi connectivity index (χ0v) is 13.8. The zero-order valence-electron chi connectivity index (χ0n) is 13.8. The van der Waals surface area contributed by atoms with E-state index in [0.717, 1.165) is 16.8 Å². The van der Waals surface area contributed by atoms with E-state index in [1.807, 2.05) is 50.2 Å². The maximum absolute atomic E-state index is 12.1. The SMILES string of the molecule is COc1cccc(OC)c1C=CC(=O)Nc1ccc(C)c(C)c1. The van der Waals surface area contributed by atoms with Crippen molar-refractivity contribution in [3.05, 3.63) is 59.2 Å². The van der Waals surface area contributed by atoms with E-state index in [1.165, 1.54) is 11.6 Å². The van der Waals surface area contributed by atoms with Crippen LogP contribution in [-0.2, 0) is 4.79 Å². The predicted molar refractivity (Wildman–Crippen MR) is 93.1 cm³/mol. The van der Waals surface area contributed by atoms with Gasteiger partial charge in [0.1, 0.15) is 11.5 Å². The second kappa shape index (κ2) is 7.49. The minimum atomic E-state index is -0.207. The minimum Gasteiger partial charge on any atom is -0.496 e. The number of aryl methyl sites for hydroxylation is 2. The highest BCUT2D eigenvalue weighted by Gasteiger charge is 2.07. The molecule has 0 saturated carbocycles. The third kappa shape index (κ3) is 4.13. The van der Waals surface area contributed by atoms with Gasteiger partial charge in [0.05, 0.1) is 19.8 Å². The molecule has 0 unspecified atom stereocenters. The molecule has 0 aliphatic carbocycles. The lowest BCUT2D eigenvalue weighted by atomic mass is 10.1. The van der Waals surface area contributed by atoms with Crippen LogP contribution >= 0.6 is 0 Å². The summed E-state index contributed by atoms with van der Waals surface area (Å²) < 4.78 is 10.6. The van der Waals surface area contributed by atoms with E-state index in [9.17, 15) is 4.79 Å². The van der Waals surface area contributed by atoms with Crippen LogP contribution in [0.4, 0.5) is 5.69 Å². The van der Waals surface area contributed by atoms with Crippen molar-refractivity contribution in [3.63, 3.8) is 0 Å². The molecule has 0 radical (unpaired) electrons. The topological polar surface area (TPSA) is 47.6 Å². The lowest BCUT2D eigenvalue weighted by Gasteiger charge is -2.09. The van der Waals surface area contributed by atoms with Crippen LogP contribution in [0.1, 0.15) is 16.7 Å². The highest BCUT2D eigenvalue weighted by atomic mass is 16.5. The standard InChI is InChI=1S/C19H21NO3/c1-13-8-9-15(12-14(13)2)20-19(21)11-10-16-17(22-3)6-5-7-18(16)23-4/h5-12H,1-4H3,(H,20,21). The highest BCUT2D eigenvalue weighted by molar-refractivity contribution is 6.02. The number of anilines is 1. The van der Waals surface area contributed by atoms with Gasteiger partial charge in [-0.05, 0) is 55.3 Å². The maximum atomic E-state index is 12.1. The maximum Gasteiger partial charge on any atom is 0.248 e. The van der Waals surface area contributed by atoms with Crippen LogP contribution in [0, 0.1) is 13.8 Å². The molecule has 0 bridgehead atoms. The van der Waals surface area contributed by atoms with Crippen LogP contribution < -0.4 is 14.8 Å². The average Bonchev–Trinajstić information content (AvgIpc) is 2.55. The molecule has 2 rings (SSSR count). The van der Waals surface area contributed by atoms with Crippen molar-refractivity contribution in [2.75, 3.05) is 19.5 Å². The summed E-state index contributed by atoms with van der Waals surface area (Å²) in [7, 11) is 3.17. The molecule has 4 nitrogen and oxygen atoms in total. The van der Waals surface area contributed by atoms with Crippen molar-refractivity contribution in [2.24, 2.45) is 0 Å². The lowest BCUT2D eigenvalue weighted by Crippen LogP contribution is -2.08. The van der Waals surface area contributed by atoms with Crippen LogP contribution in [0.25, 0.3) is 6.08 Å². The van der Waals surface area contributed by atoms with Crippen molar-refractivity contribution >= 4 is 17.7 Å². The Morgan fingerprint density at radius 3 is 2.22 bits per heavy atom. The molecule has 23 heavy (non-hydrogen) atoms. The van der Waals surface area contributed by atoms with Gasteiger partial charge in [0.15, 0.2) is 0 Å². The first-order valence-corrected chi connectivity index (χ1v) is 7.32. The molecule has 120 valence electrons. The predicted octanol–water partition coefficient (Wildman–Crippen LogP) is 3.97. The lowest BCUT2D eigenvalue weighted by molar-refractivity contribution is -0.111. The van der Waals surface area contributed by atoms with Crippen LogP contribution in [0.3, 0.4) is 0 Å².